The maximum atomic E-state index is 11.9. The second-order valence-corrected chi connectivity index (χ2v) is 5.19. The zero-order valence-electron chi connectivity index (χ0n) is 11.7. The molecule has 0 aromatic heterocycles. The molecular formula is C15H22N2O2. The topological polar surface area (TPSA) is 32.8 Å². The van der Waals surface area contributed by atoms with E-state index in [9.17, 15) is 4.79 Å². The molecule has 104 valence electrons. The number of carbonyl (C=O) groups is 1. The summed E-state index contributed by atoms with van der Waals surface area (Å²) in [5.41, 5.74) is 0.618. The van der Waals surface area contributed by atoms with Crippen LogP contribution in [0.15, 0.2) is 30.3 Å². The van der Waals surface area contributed by atoms with Gasteiger partial charge in [-0.25, -0.2) is 4.79 Å². The molecule has 0 bridgehead atoms. The molecule has 0 spiro atoms. The van der Waals surface area contributed by atoms with E-state index in [2.05, 4.69) is 16.8 Å². The Hall–Kier alpha value is -1.39. The Balaban J connectivity index is 1.78. The average Bonchev–Trinajstić information content (AvgIpc) is 2.42. The number of rotatable bonds is 4. The third kappa shape index (κ3) is 4.33. The van der Waals surface area contributed by atoms with E-state index in [0.29, 0.717) is 5.56 Å². The van der Waals surface area contributed by atoms with E-state index in [0.717, 1.165) is 32.7 Å². The summed E-state index contributed by atoms with van der Waals surface area (Å²) in [7, 11) is 2.14. The van der Waals surface area contributed by atoms with Crippen LogP contribution in [0, 0.1) is 0 Å². The summed E-state index contributed by atoms with van der Waals surface area (Å²) in [5, 5.41) is 0. The summed E-state index contributed by atoms with van der Waals surface area (Å²) >= 11 is 0. The number of esters is 1. The highest BCUT2D eigenvalue weighted by Crippen LogP contribution is 2.06. The Bertz CT molecular complexity index is 400. The summed E-state index contributed by atoms with van der Waals surface area (Å²) in [5.74, 6) is -0.234. The summed E-state index contributed by atoms with van der Waals surface area (Å²) in [6.45, 7) is 7.03. The van der Waals surface area contributed by atoms with Gasteiger partial charge in [-0.15, -0.1) is 0 Å². The molecule has 1 atom stereocenters. The van der Waals surface area contributed by atoms with Crippen LogP contribution < -0.4 is 0 Å². The maximum Gasteiger partial charge on any atom is 0.338 e. The van der Waals surface area contributed by atoms with Gasteiger partial charge in [0, 0.05) is 32.7 Å². The van der Waals surface area contributed by atoms with Crippen molar-refractivity contribution in [3.05, 3.63) is 35.9 Å². The molecular weight excluding hydrogens is 240 g/mol. The van der Waals surface area contributed by atoms with E-state index < -0.39 is 0 Å². The fraction of sp³-hybridized carbons (Fsp3) is 0.533. The second-order valence-electron chi connectivity index (χ2n) is 5.19. The number of benzene rings is 1. The molecule has 0 amide bonds. The zero-order chi connectivity index (χ0) is 13.7. The van der Waals surface area contributed by atoms with Gasteiger partial charge in [0.2, 0.25) is 0 Å². The van der Waals surface area contributed by atoms with Crippen LogP contribution >= 0.6 is 0 Å². The first-order valence-electron chi connectivity index (χ1n) is 6.82. The predicted molar refractivity (Wildman–Crippen MR) is 75.3 cm³/mol. The van der Waals surface area contributed by atoms with E-state index in [4.69, 9.17) is 4.74 Å². The van der Waals surface area contributed by atoms with Gasteiger partial charge in [0.15, 0.2) is 0 Å². The number of piperazine rings is 1. The number of hydrogen-bond donors (Lipinski definition) is 0. The third-order valence-corrected chi connectivity index (χ3v) is 3.43. The van der Waals surface area contributed by atoms with E-state index in [1.807, 2.05) is 25.1 Å². The lowest BCUT2D eigenvalue weighted by Crippen LogP contribution is -2.47. The normalized spacial score (nSPS) is 19.1. The lowest BCUT2D eigenvalue weighted by Gasteiger charge is -2.33. The Morgan fingerprint density at radius 3 is 2.47 bits per heavy atom. The molecule has 0 aliphatic carbocycles. The monoisotopic (exact) mass is 262 g/mol. The molecule has 1 heterocycles. The van der Waals surface area contributed by atoms with Gasteiger partial charge < -0.3 is 9.64 Å². The highest BCUT2D eigenvalue weighted by atomic mass is 16.5. The standard InChI is InChI=1S/C15H22N2O2/c1-13(12-17-10-8-16(2)9-11-17)19-15(18)14-6-4-3-5-7-14/h3-7,13H,8-12H2,1-2H3/t13-/m0/s1. The third-order valence-electron chi connectivity index (χ3n) is 3.43. The summed E-state index contributed by atoms with van der Waals surface area (Å²) in [4.78, 5) is 16.6. The maximum absolute atomic E-state index is 11.9. The Morgan fingerprint density at radius 1 is 1.21 bits per heavy atom. The van der Waals surface area contributed by atoms with Crippen molar-refractivity contribution in [3.63, 3.8) is 0 Å². The van der Waals surface area contributed by atoms with Crippen molar-refractivity contribution in [2.24, 2.45) is 0 Å². The first kappa shape index (κ1) is 14.0. The Morgan fingerprint density at radius 2 is 1.84 bits per heavy atom. The average molecular weight is 262 g/mol. The highest BCUT2D eigenvalue weighted by Gasteiger charge is 2.18. The second kappa shape index (κ2) is 6.68. The highest BCUT2D eigenvalue weighted by molar-refractivity contribution is 5.89. The van der Waals surface area contributed by atoms with Gasteiger partial charge in [-0.1, -0.05) is 18.2 Å². The molecule has 1 aromatic rings. The molecule has 1 saturated heterocycles. The minimum Gasteiger partial charge on any atom is -0.458 e. The van der Waals surface area contributed by atoms with Gasteiger partial charge >= 0.3 is 5.97 Å². The number of carbonyl (C=O) groups excluding carboxylic acids is 1. The van der Waals surface area contributed by atoms with Crippen LogP contribution in [0.4, 0.5) is 0 Å². The minimum absolute atomic E-state index is 0.0730. The number of hydrogen-bond acceptors (Lipinski definition) is 4. The lowest BCUT2D eigenvalue weighted by molar-refractivity contribution is 0.0207. The van der Waals surface area contributed by atoms with Crippen LogP contribution in [-0.4, -0.2) is 61.6 Å². The van der Waals surface area contributed by atoms with Crippen LogP contribution in [0.3, 0.4) is 0 Å². The van der Waals surface area contributed by atoms with Crippen LogP contribution in [0.2, 0.25) is 0 Å². The van der Waals surface area contributed by atoms with Gasteiger partial charge in [-0.2, -0.15) is 0 Å². The number of likely N-dealkylation sites (N-methyl/N-ethyl adjacent to an activating group) is 1. The molecule has 19 heavy (non-hydrogen) atoms. The summed E-state index contributed by atoms with van der Waals surface area (Å²) in [6.07, 6.45) is -0.0730. The molecule has 0 radical (unpaired) electrons. The summed E-state index contributed by atoms with van der Waals surface area (Å²) < 4.78 is 5.47. The van der Waals surface area contributed by atoms with Gasteiger partial charge in [0.05, 0.1) is 5.56 Å². The minimum atomic E-state index is -0.234. The molecule has 4 nitrogen and oxygen atoms in total. The van der Waals surface area contributed by atoms with E-state index in [-0.39, 0.29) is 12.1 Å². The van der Waals surface area contributed by atoms with Crippen LogP contribution in [0.1, 0.15) is 17.3 Å². The molecule has 2 rings (SSSR count). The van der Waals surface area contributed by atoms with Crippen molar-refractivity contribution < 1.29 is 9.53 Å². The first-order valence-corrected chi connectivity index (χ1v) is 6.82. The SMILES string of the molecule is C[C@@H](CN1CCN(C)CC1)OC(=O)c1ccccc1. The largest absolute Gasteiger partial charge is 0.458 e. The number of nitrogens with zero attached hydrogens (tertiary/aromatic N) is 2. The summed E-state index contributed by atoms with van der Waals surface area (Å²) in [6, 6.07) is 9.16. The van der Waals surface area contributed by atoms with Gasteiger partial charge in [-0.3, -0.25) is 4.90 Å². The molecule has 1 aliphatic heterocycles. The van der Waals surface area contributed by atoms with E-state index in [1.165, 1.54) is 0 Å². The van der Waals surface area contributed by atoms with Crippen molar-refractivity contribution in [3.8, 4) is 0 Å². The van der Waals surface area contributed by atoms with Crippen molar-refractivity contribution in [1.29, 1.82) is 0 Å². The van der Waals surface area contributed by atoms with E-state index in [1.54, 1.807) is 12.1 Å². The Kier molecular flexibility index (Phi) is 4.93. The molecule has 1 fully saturated rings. The molecule has 4 heteroatoms. The fourth-order valence-corrected chi connectivity index (χ4v) is 2.26. The van der Waals surface area contributed by atoms with Crippen molar-refractivity contribution in [2.75, 3.05) is 39.8 Å². The van der Waals surface area contributed by atoms with Crippen molar-refractivity contribution in [2.45, 2.75) is 13.0 Å². The molecule has 0 N–H and O–H groups in total. The van der Waals surface area contributed by atoms with E-state index >= 15 is 0 Å². The van der Waals surface area contributed by atoms with Crippen LogP contribution in [-0.2, 0) is 4.74 Å². The molecule has 0 saturated carbocycles. The van der Waals surface area contributed by atoms with Gasteiger partial charge in [0.25, 0.3) is 0 Å². The number of ether oxygens (including phenoxy) is 1. The predicted octanol–water partition coefficient (Wildman–Crippen LogP) is 1.48. The van der Waals surface area contributed by atoms with Crippen molar-refractivity contribution in [1.82, 2.24) is 9.80 Å². The Labute approximate surface area is 115 Å². The van der Waals surface area contributed by atoms with Crippen LogP contribution in [0.5, 0.6) is 0 Å². The molecule has 0 unspecified atom stereocenters. The quantitative estimate of drug-likeness (QED) is 0.770. The van der Waals surface area contributed by atoms with Crippen molar-refractivity contribution >= 4 is 5.97 Å². The lowest BCUT2D eigenvalue weighted by atomic mass is 10.2. The molecule has 1 aromatic carbocycles. The van der Waals surface area contributed by atoms with Crippen LogP contribution in [0.25, 0.3) is 0 Å². The zero-order valence-corrected chi connectivity index (χ0v) is 11.7. The van der Waals surface area contributed by atoms with Gasteiger partial charge in [0.1, 0.15) is 6.10 Å². The smallest absolute Gasteiger partial charge is 0.338 e. The first-order chi connectivity index (χ1) is 9.15. The molecule has 1 aliphatic rings. The fourth-order valence-electron chi connectivity index (χ4n) is 2.26. The van der Waals surface area contributed by atoms with Gasteiger partial charge in [-0.05, 0) is 26.1 Å².